The molecule has 0 saturated heterocycles. The summed E-state index contributed by atoms with van der Waals surface area (Å²) in [7, 11) is 0. The molecule has 0 radical (unpaired) electrons. The topological polar surface area (TPSA) is 49.3 Å². The number of aromatic carboxylic acids is 1. The van der Waals surface area contributed by atoms with Gasteiger partial charge in [-0.1, -0.05) is 13.8 Å². The lowest BCUT2D eigenvalue weighted by Crippen LogP contribution is -2.35. The summed E-state index contributed by atoms with van der Waals surface area (Å²) in [5.74, 6) is -0.821. The Morgan fingerprint density at radius 3 is 2.63 bits per heavy atom. The zero-order valence-corrected chi connectivity index (χ0v) is 12.8. The van der Waals surface area contributed by atoms with Crippen molar-refractivity contribution in [1.82, 2.24) is 5.32 Å². The molecule has 106 valence electrons. The normalized spacial score (nSPS) is 19.5. The fourth-order valence-electron chi connectivity index (χ4n) is 2.66. The maximum absolute atomic E-state index is 10.9. The molecule has 0 bridgehead atoms. The van der Waals surface area contributed by atoms with E-state index in [1.165, 1.54) is 37.0 Å². The first-order valence-electron chi connectivity index (χ1n) is 6.93. The number of carbonyl (C=O) groups is 1. The fraction of sp³-hybridized carbons (Fsp3) is 0.667. The number of carboxylic acids is 1. The molecular weight excluding hydrogens is 258 g/mol. The highest BCUT2D eigenvalue weighted by Gasteiger charge is 2.26. The maximum atomic E-state index is 10.9. The Morgan fingerprint density at radius 2 is 2.11 bits per heavy atom. The summed E-state index contributed by atoms with van der Waals surface area (Å²) in [5.41, 5.74) is 1.62. The van der Waals surface area contributed by atoms with E-state index in [2.05, 4.69) is 19.2 Å². The molecule has 0 aromatic carbocycles. The highest BCUT2D eigenvalue weighted by Crippen LogP contribution is 2.35. The average molecular weight is 281 g/mol. The van der Waals surface area contributed by atoms with Crippen LogP contribution in [0.2, 0.25) is 0 Å². The second-order valence-electron chi connectivity index (χ2n) is 6.32. The summed E-state index contributed by atoms with van der Waals surface area (Å²) in [6.45, 7) is 7.47. The number of thiophene rings is 1. The summed E-state index contributed by atoms with van der Waals surface area (Å²) < 4.78 is 0. The second-order valence-corrected chi connectivity index (χ2v) is 7.57. The highest BCUT2D eigenvalue weighted by atomic mass is 32.1. The van der Waals surface area contributed by atoms with Crippen molar-refractivity contribution < 1.29 is 9.90 Å². The third kappa shape index (κ3) is 3.80. The van der Waals surface area contributed by atoms with Crippen LogP contribution in [0.15, 0.2) is 6.07 Å². The van der Waals surface area contributed by atoms with E-state index in [0.717, 1.165) is 17.0 Å². The van der Waals surface area contributed by atoms with Crippen molar-refractivity contribution in [2.75, 3.05) is 0 Å². The van der Waals surface area contributed by atoms with E-state index in [9.17, 15) is 4.79 Å². The smallest absolute Gasteiger partial charge is 0.345 e. The van der Waals surface area contributed by atoms with E-state index in [0.29, 0.717) is 16.3 Å². The standard InChI is InChI=1S/C15H23NO2S/c1-10-11(8-13(19-10)14(17)18)9-16-12-4-6-15(2,3)7-5-12/h8,12,16H,4-7,9H2,1-3H3,(H,17,18). The largest absolute Gasteiger partial charge is 0.477 e. The molecule has 1 fully saturated rings. The van der Waals surface area contributed by atoms with Crippen LogP contribution < -0.4 is 5.32 Å². The number of hydrogen-bond donors (Lipinski definition) is 2. The van der Waals surface area contributed by atoms with Gasteiger partial charge in [0, 0.05) is 17.5 Å². The summed E-state index contributed by atoms with van der Waals surface area (Å²) >= 11 is 1.37. The number of nitrogens with one attached hydrogen (secondary N) is 1. The zero-order chi connectivity index (χ0) is 14.0. The molecule has 1 heterocycles. The Balaban J connectivity index is 1.88. The van der Waals surface area contributed by atoms with Gasteiger partial charge in [0.2, 0.25) is 0 Å². The van der Waals surface area contributed by atoms with Crippen LogP contribution >= 0.6 is 11.3 Å². The van der Waals surface area contributed by atoms with E-state index in [1.807, 2.05) is 13.0 Å². The molecular formula is C15H23NO2S. The van der Waals surface area contributed by atoms with E-state index in [4.69, 9.17) is 5.11 Å². The molecule has 1 aromatic heterocycles. The van der Waals surface area contributed by atoms with Gasteiger partial charge in [0.25, 0.3) is 0 Å². The molecule has 1 aliphatic rings. The average Bonchev–Trinajstić information content (AvgIpc) is 2.70. The van der Waals surface area contributed by atoms with Crippen LogP contribution in [0.3, 0.4) is 0 Å². The lowest BCUT2D eigenvalue weighted by Gasteiger charge is -2.34. The lowest BCUT2D eigenvalue weighted by molar-refractivity contribution is 0.0702. The van der Waals surface area contributed by atoms with Gasteiger partial charge in [-0.15, -0.1) is 11.3 Å². The highest BCUT2D eigenvalue weighted by molar-refractivity contribution is 7.14. The lowest BCUT2D eigenvalue weighted by atomic mass is 9.75. The molecule has 4 heteroatoms. The zero-order valence-electron chi connectivity index (χ0n) is 12.0. The van der Waals surface area contributed by atoms with E-state index in [1.54, 1.807) is 0 Å². The molecule has 19 heavy (non-hydrogen) atoms. The first-order chi connectivity index (χ1) is 8.87. The first kappa shape index (κ1) is 14.5. The minimum Gasteiger partial charge on any atom is -0.477 e. The summed E-state index contributed by atoms with van der Waals surface area (Å²) in [6, 6.07) is 2.39. The van der Waals surface area contributed by atoms with Crippen molar-refractivity contribution in [2.45, 2.75) is 59.0 Å². The van der Waals surface area contributed by atoms with Gasteiger partial charge < -0.3 is 10.4 Å². The Kier molecular flexibility index (Phi) is 4.31. The molecule has 2 rings (SSSR count). The monoisotopic (exact) mass is 281 g/mol. The van der Waals surface area contributed by atoms with Crippen molar-refractivity contribution in [3.05, 3.63) is 21.4 Å². The van der Waals surface area contributed by atoms with Crippen molar-refractivity contribution in [3.8, 4) is 0 Å². The predicted molar refractivity (Wildman–Crippen MR) is 78.9 cm³/mol. The third-order valence-corrected chi connectivity index (χ3v) is 5.23. The van der Waals surface area contributed by atoms with Crippen LogP contribution in [0.5, 0.6) is 0 Å². The van der Waals surface area contributed by atoms with Gasteiger partial charge in [0.1, 0.15) is 4.88 Å². The van der Waals surface area contributed by atoms with E-state index < -0.39 is 5.97 Å². The Labute approximate surface area is 119 Å². The molecule has 1 aliphatic carbocycles. The van der Waals surface area contributed by atoms with Gasteiger partial charge in [-0.2, -0.15) is 0 Å². The summed E-state index contributed by atoms with van der Waals surface area (Å²) in [4.78, 5) is 12.5. The molecule has 1 saturated carbocycles. The van der Waals surface area contributed by atoms with Crippen molar-refractivity contribution >= 4 is 17.3 Å². The first-order valence-corrected chi connectivity index (χ1v) is 7.75. The third-order valence-electron chi connectivity index (χ3n) is 4.15. The SMILES string of the molecule is Cc1sc(C(=O)O)cc1CNC1CCC(C)(C)CC1. The minimum atomic E-state index is -0.821. The van der Waals surface area contributed by atoms with Gasteiger partial charge in [0.15, 0.2) is 0 Å². The van der Waals surface area contributed by atoms with Crippen molar-refractivity contribution in [3.63, 3.8) is 0 Å². The molecule has 3 nitrogen and oxygen atoms in total. The molecule has 0 aliphatic heterocycles. The van der Waals surface area contributed by atoms with E-state index >= 15 is 0 Å². The molecule has 1 aromatic rings. The Bertz CT molecular complexity index is 455. The molecule has 0 atom stereocenters. The predicted octanol–water partition coefficient (Wildman–Crippen LogP) is 3.81. The Hall–Kier alpha value is -0.870. The van der Waals surface area contributed by atoms with Gasteiger partial charge in [-0.25, -0.2) is 4.79 Å². The minimum absolute atomic E-state index is 0.444. The molecule has 2 N–H and O–H groups in total. The number of aryl methyl sites for hydroxylation is 1. The fourth-order valence-corrected chi connectivity index (χ4v) is 3.54. The molecule has 0 amide bonds. The van der Waals surface area contributed by atoms with Crippen LogP contribution in [0.1, 0.15) is 59.6 Å². The number of hydrogen-bond acceptors (Lipinski definition) is 3. The van der Waals surface area contributed by atoms with Gasteiger partial charge in [-0.05, 0) is 49.7 Å². The number of carboxylic acid groups (broad SMARTS) is 1. The summed E-state index contributed by atoms with van der Waals surface area (Å²) in [5, 5.41) is 12.6. The number of rotatable bonds is 4. The van der Waals surface area contributed by atoms with Crippen LogP contribution in [0.4, 0.5) is 0 Å². The van der Waals surface area contributed by atoms with Crippen LogP contribution in [-0.4, -0.2) is 17.1 Å². The molecule has 0 spiro atoms. The van der Waals surface area contributed by atoms with Crippen LogP contribution in [0.25, 0.3) is 0 Å². The van der Waals surface area contributed by atoms with Crippen molar-refractivity contribution in [2.24, 2.45) is 5.41 Å². The van der Waals surface area contributed by atoms with Gasteiger partial charge in [0.05, 0.1) is 0 Å². The quantitative estimate of drug-likeness (QED) is 0.882. The van der Waals surface area contributed by atoms with E-state index in [-0.39, 0.29) is 0 Å². The van der Waals surface area contributed by atoms with Gasteiger partial charge >= 0.3 is 5.97 Å². The van der Waals surface area contributed by atoms with Crippen LogP contribution in [-0.2, 0) is 6.54 Å². The van der Waals surface area contributed by atoms with Gasteiger partial charge in [-0.3, -0.25) is 0 Å². The molecule has 0 unspecified atom stereocenters. The van der Waals surface area contributed by atoms with Crippen LogP contribution in [0, 0.1) is 12.3 Å². The summed E-state index contributed by atoms with van der Waals surface area (Å²) in [6.07, 6.45) is 4.99. The van der Waals surface area contributed by atoms with Crippen molar-refractivity contribution in [1.29, 1.82) is 0 Å². The Morgan fingerprint density at radius 1 is 1.47 bits per heavy atom. The maximum Gasteiger partial charge on any atom is 0.345 e. The second kappa shape index (κ2) is 5.63.